The van der Waals surface area contributed by atoms with Gasteiger partial charge in [-0.25, -0.2) is 0 Å². The first-order valence-electron chi connectivity index (χ1n) is 7.27. The first-order chi connectivity index (χ1) is 9.29. The molecule has 1 heterocycles. The highest BCUT2D eigenvalue weighted by molar-refractivity contribution is 5.78. The number of nitriles is 1. The largest absolute Gasteiger partial charge is 0.381 e. The highest BCUT2D eigenvalue weighted by atomic mass is 16.5. The molecular formula is C14H23N3O2. The molecule has 0 radical (unpaired) electrons. The molecule has 2 fully saturated rings. The zero-order chi connectivity index (χ0) is 13.5. The number of nitrogens with zero attached hydrogens (tertiary/aromatic N) is 2. The summed E-state index contributed by atoms with van der Waals surface area (Å²) >= 11 is 0. The third-order valence-electron chi connectivity index (χ3n) is 4.05. The fraction of sp³-hybridized carbons (Fsp3) is 0.857. The van der Waals surface area contributed by atoms with E-state index in [2.05, 4.69) is 11.4 Å². The summed E-state index contributed by atoms with van der Waals surface area (Å²) in [5.74, 6) is 0.0500. The molecular weight excluding hydrogens is 242 g/mol. The van der Waals surface area contributed by atoms with E-state index in [9.17, 15) is 4.79 Å². The second kappa shape index (κ2) is 7.46. The fourth-order valence-corrected chi connectivity index (χ4v) is 2.97. The third-order valence-corrected chi connectivity index (χ3v) is 4.05. The van der Waals surface area contributed by atoms with Gasteiger partial charge in [0.25, 0.3) is 0 Å². The van der Waals surface area contributed by atoms with Crippen molar-refractivity contribution in [2.45, 2.75) is 50.6 Å². The summed E-state index contributed by atoms with van der Waals surface area (Å²) in [4.78, 5) is 14.1. The zero-order valence-electron chi connectivity index (χ0n) is 11.4. The highest BCUT2D eigenvalue weighted by Crippen LogP contribution is 2.23. The zero-order valence-corrected chi connectivity index (χ0v) is 11.4. The summed E-state index contributed by atoms with van der Waals surface area (Å²) in [5.41, 5.74) is 0. The van der Waals surface area contributed by atoms with E-state index in [1.54, 1.807) is 0 Å². The van der Waals surface area contributed by atoms with Crippen LogP contribution in [0.3, 0.4) is 0 Å². The smallest absolute Gasteiger partial charge is 0.234 e. The summed E-state index contributed by atoms with van der Waals surface area (Å²) in [6.45, 7) is 2.17. The third kappa shape index (κ3) is 4.48. The van der Waals surface area contributed by atoms with Gasteiger partial charge in [0, 0.05) is 25.3 Å². The van der Waals surface area contributed by atoms with E-state index in [0.29, 0.717) is 19.1 Å². The normalized spacial score (nSPS) is 21.5. The molecule has 5 nitrogen and oxygen atoms in total. The molecule has 1 aliphatic carbocycles. The standard InChI is InChI=1S/C14H23N3O2/c15-7-8-17(13-3-1-2-4-13)11-14(18)16-12-5-9-19-10-6-12/h12-13H,1-6,8-11H2,(H,16,18). The lowest BCUT2D eigenvalue weighted by Crippen LogP contribution is -2.46. The monoisotopic (exact) mass is 265 g/mol. The van der Waals surface area contributed by atoms with Gasteiger partial charge < -0.3 is 10.1 Å². The predicted molar refractivity (Wildman–Crippen MR) is 71.4 cm³/mol. The van der Waals surface area contributed by atoms with Crippen molar-refractivity contribution in [3.8, 4) is 6.07 Å². The maximum atomic E-state index is 12.1. The number of ether oxygens (including phenoxy) is 1. The van der Waals surface area contributed by atoms with Gasteiger partial charge in [-0.1, -0.05) is 12.8 Å². The van der Waals surface area contributed by atoms with E-state index < -0.39 is 0 Å². The van der Waals surface area contributed by atoms with Crippen LogP contribution in [0.1, 0.15) is 38.5 Å². The van der Waals surface area contributed by atoms with Crippen LogP contribution in [0.15, 0.2) is 0 Å². The Morgan fingerprint density at radius 3 is 2.58 bits per heavy atom. The number of amides is 1. The first-order valence-corrected chi connectivity index (χ1v) is 7.27. The number of hydrogen-bond donors (Lipinski definition) is 1. The van der Waals surface area contributed by atoms with Crippen LogP contribution in [-0.2, 0) is 9.53 Å². The summed E-state index contributed by atoms with van der Waals surface area (Å²) in [7, 11) is 0. The maximum Gasteiger partial charge on any atom is 0.234 e. The Kier molecular flexibility index (Phi) is 5.62. The molecule has 1 saturated heterocycles. The van der Waals surface area contributed by atoms with Gasteiger partial charge >= 0.3 is 0 Å². The number of carbonyl (C=O) groups is 1. The Labute approximate surface area is 114 Å². The van der Waals surface area contributed by atoms with Crippen molar-refractivity contribution in [1.82, 2.24) is 10.2 Å². The number of hydrogen-bond acceptors (Lipinski definition) is 4. The summed E-state index contributed by atoms with van der Waals surface area (Å²) in [6.07, 6.45) is 6.46. The molecule has 0 spiro atoms. The van der Waals surface area contributed by atoms with Crippen LogP contribution in [0.5, 0.6) is 0 Å². The molecule has 19 heavy (non-hydrogen) atoms. The Balaban J connectivity index is 1.78. The van der Waals surface area contributed by atoms with Gasteiger partial charge in [0.1, 0.15) is 0 Å². The van der Waals surface area contributed by atoms with E-state index in [1.165, 1.54) is 12.8 Å². The second-order valence-corrected chi connectivity index (χ2v) is 5.46. The van der Waals surface area contributed by atoms with Gasteiger partial charge in [0.05, 0.1) is 19.2 Å². The lowest BCUT2D eigenvalue weighted by atomic mass is 10.1. The molecule has 106 valence electrons. The van der Waals surface area contributed by atoms with Crippen molar-refractivity contribution in [2.24, 2.45) is 0 Å². The number of carbonyl (C=O) groups excluding carboxylic acids is 1. The molecule has 1 saturated carbocycles. The summed E-state index contributed by atoms with van der Waals surface area (Å²) in [6, 6.07) is 2.84. The van der Waals surface area contributed by atoms with E-state index in [0.717, 1.165) is 38.9 Å². The highest BCUT2D eigenvalue weighted by Gasteiger charge is 2.25. The topological polar surface area (TPSA) is 65.4 Å². The van der Waals surface area contributed by atoms with Crippen LogP contribution in [0.25, 0.3) is 0 Å². The van der Waals surface area contributed by atoms with Crippen LogP contribution in [-0.4, -0.2) is 49.2 Å². The molecule has 2 rings (SSSR count). The molecule has 1 N–H and O–H groups in total. The van der Waals surface area contributed by atoms with Gasteiger partial charge in [-0.2, -0.15) is 5.26 Å². The lowest BCUT2D eigenvalue weighted by molar-refractivity contribution is -0.123. The maximum absolute atomic E-state index is 12.1. The van der Waals surface area contributed by atoms with E-state index >= 15 is 0 Å². The molecule has 2 aliphatic rings. The molecule has 1 aliphatic heterocycles. The molecule has 1 amide bonds. The van der Waals surface area contributed by atoms with Gasteiger partial charge in [-0.05, 0) is 25.7 Å². The SMILES string of the molecule is N#CCN(CC(=O)NC1CCOCC1)C1CCCC1. The van der Waals surface area contributed by atoms with Crippen molar-refractivity contribution in [2.75, 3.05) is 26.3 Å². The van der Waals surface area contributed by atoms with E-state index in [-0.39, 0.29) is 11.9 Å². The number of rotatable bonds is 5. The van der Waals surface area contributed by atoms with Gasteiger partial charge in [0.2, 0.25) is 5.91 Å². The second-order valence-electron chi connectivity index (χ2n) is 5.46. The predicted octanol–water partition coefficient (Wildman–Crippen LogP) is 1.05. The van der Waals surface area contributed by atoms with Crippen LogP contribution in [0, 0.1) is 11.3 Å². The quantitative estimate of drug-likeness (QED) is 0.755. The van der Waals surface area contributed by atoms with Crippen LogP contribution in [0.2, 0.25) is 0 Å². The lowest BCUT2D eigenvalue weighted by Gasteiger charge is -2.28. The van der Waals surface area contributed by atoms with Crippen molar-refractivity contribution in [3.05, 3.63) is 0 Å². The van der Waals surface area contributed by atoms with Crippen molar-refractivity contribution in [3.63, 3.8) is 0 Å². The van der Waals surface area contributed by atoms with E-state index in [1.807, 2.05) is 4.90 Å². The first kappa shape index (κ1) is 14.3. The Hall–Kier alpha value is -1.12. The molecule has 0 aromatic heterocycles. The summed E-state index contributed by atoms with van der Waals surface area (Å²) < 4.78 is 5.28. The molecule has 5 heteroatoms. The average molecular weight is 265 g/mol. The van der Waals surface area contributed by atoms with Crippen molar-refractivity contribution >= 4 is 5.91 Å². The number of nitrogens with one attached hydrogen (secondary N) is 1. The minimum Gasteiger partial charge on any atom is -0.381 e. The molecule has 0 aromatic carbocycles. The molecule has 0 unspecified atom stereocenters. The van der Waals surface area contributed by atoms with Crippen LogP contribution in [0.4, 0.5) is 0 Å². The van der Waals surface area contributed by atoms with Gasteiger partial charge in [-0.15, -0.1) is 0 Å². The van der Waals surface area contributed by atoms with Crippen LogP contribution >= 0.6 is 0 Å². The van der Waals surface area contributed by atoms with E-state index in [4.69, 9.17) is 10.00 Å². The van der Waals surface area contributed by atoms with Crippen molar-refractivity contribution in [1.29, 1.82) is 5.26 Å². The fourth-order valence-electron chi connectivity index (χ4n) is 2.97. The van der Waals surface area contributed by atoms with Crippen LogP contribution < -0.4 is 5.32 Å². The molecule has 0 aromatic rings. The van der Waals surface area contributed by atoms with Gasteiger partial charge in [-0.3, -0.25) is 9.69 Å². The summed E-state index contributed by atoms with van der Waals surface area (Å²) in [5, 5.41) is 12.0. The minimum absolute atomic E-state index is 0.0500. The van der Waals surface area contributed by atoms with Crippen molar-refractivity contribution < 1.29 is 9.53 Å². The Morgan fingerprint density at radius 2 is 1.95 bits per heavy atom. The van der Waals surface area contributed by atoms with Gasteiger partial charge in [0.15, 0.2) is 0 Å². The molecule has 0 bridgehead atoms. The minimum atomic E-state index is 0.0500. The Bertz CT molecular complexity index is 328. The average Bonchev–Trinajstić information content (AvgIpc) is 2.93. The Morgan fingerprint density at radius 1 is 1.26 bits per heavy atom. The molecule has 0 atom stereocenters.